The van der Waals surface area contributed by atoms with Crippen LogP contribution in [0.4, 0.5) is 0 Å². The Kier molecular flexibility index (Phi) is 3.91. The standard InChI is InChI=1S/C13H16N2O2/c1-17-12-4-2-3-10(7-12)13(15-9-16)11-5-6-14-8-11/h2-4,7,11,13-14H,5-6,8H2,1H3. The van der Waals surface area contributed by atoms with Crippen LogP contribution in [0.25, 0.3) is 0 Å². The third-order valence-electron chi connectivity index (χ3n) is 3.17. The maximum atomic E-state index is 10.6. The molecule has 1 heterocycles. The molecule has 0 bridgehead atoms. The van der Waals surface area contributed by atoms with Crippen molar-refractivity contribution in [2.24, 2.45) is 10.9 Å². The number of methoxy groups -OCH3 is 1. The van der Waals surface area contributed by atoms with Gasteiger partial charge in [-0.3, -0.25) is 0 Å². The number of hydrogen-bond acceptors (Lipinski definition) is 4. The lowest BCUT2D eigenvalue weighted by Crippen LogP contribution is -2.15. The van der Waals surface area contributed by atoms with Gasteiger partial charge >= 0.3 is 0 Å². The Labute approximate surface area is 101 Å². The number of isocyanates is 1. The maximum Gasteiger partial charge on any atom is 0.235 e. The van der Waals surface area contributed by atoms with E-state index in [0.29, 0.717) is 5.92 Å². The van der Waals surface area contributed by atoms with Crippen LogP contribution >= 0.6 is 0 Å². The normalized spacial score (nSPS) is 20.6. The van der Waals surface area contributed by atoms with Crippen LogP contribution in [0, 0.1) is 5.92 Å². The van der Waals surface area contributed by atoms with Crippen molar-refractivity contribution in [3.63, 3.8) is 0 Å². The zero-order valence-corrected chi connectivity index (χ0v) is 9.85. The molecular formula is C13H16N2O2. The summed E-state index contributed by atoms with van der Waals surface area (Å²) in [5, 5.41) is 3.29. The highest BCUT2D eigenvalue weighted by molar-refractivity contribution is 5.38. The van der Waals surface area contributed by atoms with Crippen LogP contribution in [0.15, 0.2) is 29.3 Å². The second-order valence-electron chi connectivity index (χ2n) is 4.19. The Morgan fingerprint density at radius 1 is 1.59 bits per heavy atom. The molecule has 4 nitrogen and oxygen atoms in total. The van der Waals surface area contributed by atoms with Crippen molar-refractivity contribution in [1.82, 2.24) is 5.32 Å². The predicted molar refractivity (Wildman–Crippen MR) is 64.8 cm³/mol. The Bertz CT molecular complexity index is 421. The van der Waals surface area contributed by atoms with E-state index in [0.717, 1.165) is 30.8 Å². The molecule has 0 radical (unpaired) electrons. The monoisotopic (exact) mass is 232 g/mol. The van der Waals surface area contributed by atoms with Crippen molar-refractivity contribution in [1.29, 1.82) is 0 Å². The molecule has 1 aromatic rings. The molecule has 0 aliphatic carbocycles. The summed E-state index contributed by atoms with van der Waals surface area (Å²) in [6.07, 6.45) is 2.72. The van der Waals surface area contributed by atoms with Crippen molar-refractivity contribution in [3.8, 4) is 5.75 Å². The van der Waals surface area contributed by atoms with Crippen molar-refractivity contribution in [2.45, 2.75) is 12.5 Å². The van der Waals surface area contributed by atoms with Crippen LogP contribution in [0.2, 0.25) is 0 Å². The largest absolute Gasteiger partial charge is 0.497 e. The zero-order valence-electron chi connectivity index (χ0n) is 9.85. The molecule has 17 heavy (non-hydrogen) atoms. The highest BCUT2D eigenvalue weighted by Crippen LogP contribution is 2.31. The number of nitrogens with one attached hydrogen (secondary N) is 1. The van der Waals surface area contributed by atoms with E-state index < -0.39 is 0 Å². The highest BCUT2D eigenvalue weighted by atomic mass is 16.5. The minimum Gasteiger partial charge on any atom is -0.497 e. The van der Waals surface area contributed by atoms with E-state index in [2.05, 4.69) is 10.3 Å². The van der Waals surface area contributed by atoms with Crippen LogP contribution in [0.1, 0.15) is 18.0 Å². The first-order valence-electron chi connectivity index (χ1n) is 5.77. The summed E-state index contributed by atoms with van der Waals surface area (Å²) in [5.74, 6) is 1.16. The van der Waals surface area contributed by atoms with Crippen molar-refractivity contribution >= 4 is 6.08 Å². The quantitative estimate of drug-likeness (QED) is 0.634. The van der Waals surface area contributed by atoms with Crippen LogP contribution < -0.4 is 10.1 Å². The molecule has 4 heteroatoms. The Morgan fingerprint density at radius 3 is 3.12 bits per heavy atom. The lowest BCUT2D eigenvalue weighted by Gasteiger charge is -2.18. The zero-order chi connectivity index (χ0) is 12.1. The summed E-state index contributed by atoms with van der Waals surface area (Å²) in [6, 6.07) is 7.61. The van der Waals surface area contributed by atoms with Gasteiger partial charge in [-0.15, -0.1) is 0 Å². The first-order chi connectivity index (χ1) is 8.35. The molecule has 0 amide bonds. The van der Waals surface area contributed by atoms with Crippen LogP contribution in [0.3, 0.4) is 0 Å². The predicted octanol–water partition coefficient (Wildman–Crippen LogP) is 1.68. The number of aliphatic imine (C=N–C) groups is 1. The fraction of sp³-hybridized carbons (Fsp3) is 0.462. The number of nitrogens with zero attached hydrogens (tertiary/aromatic N) is 1. The minimum absolute atomic E-state index is 0.113. The molecule has 1 fully saturated rings. The van der Waals surface area contributed by atoms with Gasteiger partial charge in [0.15, 0.2) is 0 Å². The fourth-order valence-electron chi connectivity index (χ4n) is 2.28. The average Bonchev–Trinajstić information content (AvgIpc) is 2.89. The molecule has 2 rings (SSSR count). The topological polar surface area (TPSA) is 50.7 Å². The fourth-order valence-corrected chi connectivity index (χ4v) is 2.28. The van der Waals surface area contributed by atoms with Gasteiger partial charge in [-0.2, -0.15) is 4.99 Å². The van der Waals surface area contributed by atoms with Gasteiger partial charge in [0.05, 0.1) is 13.2 Å². The van der Waals surface area contributed by atoms with Gasteiger partial charge in [-0.25, -0.2) is 4.79 Å². The third kappa shape index (κ3) is 2.73. The summed E-state index contributed by atoms with van der Waals surface area (Å²) < 4.78 is 5.19. The number of ether oxygens (including phenoxy) is 1. The highest BCUT2D eigenvalue weighted by Gasteiger charge is 2.26. The van der Waals surface area contributed by atoms with E-state index in [4.69, 9.17) is 4.74 Å². The van der Waals surface area contributed by atoms with E-state index in [1.54, 1.807) is 13.2 Å². The minimum atomic E-state index is -0.113. The number of rotatable bonds is 4. The molecular weight excluding hydrogens is 216 g/mol. The average molecular weight is 232 g/mol. The Balaban J connectivity index is 2.27. The second-order valence-corrected chi connectivity index (χ2v) is 4.19. The number of carbonyl (C=O) groups excluding carboxylic acids is 1. The van der Waals surface area contributed by atoms with Crippen molar-refractivity contribution < 1.29 is 9.53 Å². The molecule has 1 aromatic carbocycles. The molecule has 1 aliphatic heterocycles. The maximum absolute atomic E-state index is 10.6. The summed E-state index contributed by atoms with van der Waals surface area (Å²) in [4.78, 5) is 14.5. The van der Waals surface area contributed by atoms with E-state index in [9.17, 15) is 4.79 Å². The summed E-state index contributed by atoms with van der Waals surface area (Å²) in [5.41, 5.74) is 1.02. The summed E-state index contributed by atoms with van der Waals surface area (Å²) >= 11 is 0. The second kappa shape index (κ2) is 5.62. The van der Waals surface area contributed by atoms with Crippen molar-refractivity contribution in [3.05, 3.63) is 29.8 Å². The lowest BCUT2D eigenvalue weighted by molar-refractivity contribution is 0.411. The summed E-state index contributed by atoms with van der Waals surface area (Å²) in [6.45, 7) is 1.88. The smallest absolute Gasteiger partial charge is 0.235 e. The molecule has 1 aliphatic rings. The van der Waals surface area contributed by atoms with Crippen LogP contribution in [0.5, 0.6) is 5.75 Å². The first-order valence-corrected chi connectivity index (χ1v) is 5.77. The van der Waals surface area contributed by atoms with Crippen LogP contribution in [-0.4, -0.2) is 26.3 Å². The van der Waals surface area contributed by atoms with Gasteiger partial charge in [0.1, 0.15) is 5.75 Å². The molecule has 2 unspecified atom stereocenters. The van der Waals surface area contributed by atoms with Gasteiger partial charge in [-0.1, -0.05) is 12.1 Å². The Hall–Kier alpha value is -1.64. The third-order valence-corrected chi connectivity index (χ3v) is 3.17. The van der Waals surface area contributed by atoms with Gasteiger partial charge in [0.25, 0.3) is 0 Å². The molecule has 0 saturated carbocycles. The number of hydrogen-bond donors (Lipinski definition) is 1. The van der Waals surface area contributed by atoms with Gasteiger partial charge in [-0.05, 0) is 36.6 Å². The lowest BCUT2D eigenvalue weighted by atomic mass is 9.93. The molecule has 0 spiro atoms. The van der Waals surface area contributed by atoms with E-state index in [1.165, 1.54) is 0 Å². The molecule has 2 atom stereocenters. The summed E-state index contributed by atoms with van der Waals surface area (Å²) in [7, 11) is 1.63. The van der Waals surface area contributed by atoms with E-state index >= 15 is 0 Å². The van der Waals surface area contributed by atoms with E-state index in [-0.39, 0.29) is 6.04 Å². The van der Waals surface area contributed by atoms with Crippen LogP contribution in [-0.2, 0) is 4.79 Å². The van der Waals surface area contributed by atoms with Crippen molar-refractivity contribution in [2.75, 3.05) is 20.2 Å². The number of benzene rings is 1. The molecule has 90 valence electrons. The van der Waals surface area contributed by atoms with E-state index in [1.807, 2.05) is 24.3 Å². The van der Waals surface area contributed by atoms with Gasteiger partial charge in [0, 0.05) is 6.54 Å². The molecule has 1 N–H and O–H groups in total. The molecule has 0 aromatic heterocycles. The molecule has 1 saturated heterocycles. The Morgan fingerprint density at radius 2 is 2.47 bits per heavy atom. The van der Waals surface area contributed by atoms with Gasteiger partial charge in [0.2, 0.25) is 6.08 Å². The SMILES string of the molecule is COc1cccc(C(N=C=O)C2CCNC2)c1. The van der Waals surface area contributed by atoms with Gasteiger partial charge < -0.3 is 10.1 Å². The first kappa shape index (κ1) is 11.8.